The molecule has 0 bridgehead atoms. The molecule has 0 amide bonds. The Bertz CT molecular complexity index is 372. The molecule has 0 unspecified atom stereocenters. The Morgan fingerprint density at radius 3 is 2.28 bits per heavy atom. The van der Waals surface area contributed by atoms with Crippen molar-refractivity contribution in [2.75, 3.05) is 18.5 Å². The molecule has 0 spiro atoms. The molecule has 0 aliphatic heterocycles. The normalized spacial score (nSPS) is 10.9. The van der Waals surface area contributed by atoms with Crippen LogP contribution in [-0.2, 0) is 12.8 Å². The highest BCUT2D eigenvalue weighted by Gasteiger charge is 2.06. The van der Waals surface area contributed by atoms with E-state index in [1.54, 1.807) is 0 Å². The molecule has 0 aliphatic rings. The van der Waals surface area contributed by atoms with E-state index in [9.17, 15) is 0 Å². The van der Waals surface area contributed by atoms with Gasteiger partial charge in [0, 0.05) is 5.69 Å². The number of anilines is 1. The number of aliphatic imine (C=N–C) groups is 1. The molecule has 0 radical (unpaired) electrons. The topological polar surface area (TPSA) is 70.6 Å². The zero-order valence-electron chi connectivity index (χ0n) is 10.9. The smallest absolute Gasteiger partial charge is 0.193 e. The highest BCUT2D eigenvalue weighted by atomic mass is 127. The number of benzene rings is 1. The molecule has 1 rings (SSSR count). The van der Waals surface area contributed by atoms with Crippen molar-refractivity contribution in [3.63, 3.8) is 0 Å². The summed E-state index contributed by atoms with van der Waals surface area (Å²) in [6, 6.07) is 6.23. The Kier molecular flexibility index (Phi) is 8.74. The summed E-state index contributed by atoms with van der Waals surface area (Å²) in [4.78, 5) is 4.02. The van der Waals surface area contributed by atoms with Gasteiger partial charge in [-0.3, -0.25) is 4.99 Å². The third kappa shape index (κ3) is 4.81. The van der Waals surface area contributed by atoms with Crippen LogP contribution in [0.2, 0.25) is 0 Å². The van der Waals surface area contributed by atoms with Crippen LogP contribution in [0.1, 0.15) is 25.0 Å². The highest BCUT2D eigenvalue weighted by molar-refractivity contribution is 14.0. The van der Waals surface area contributed by atoms with Gasteiger partial charge in [0.15, 0.2) is 5.96 Å². The van der Waals surface area contributed by atoms with Crippen LogP contribution in [0, 0.1) is 0 Å². The molecular formula is C13H22IN3O. The van der Waals surface area contributed by atoms with Gasteiger partial charge < -0.3 is 16.2 Å². The number of nitrogens with two attached hydrogens (primary N) is 1. The fraction of sp³-hybridized carbons (Fsp3) is 0.462. The number of hydrogen-bond acceptors (Lipinski definition) is 2. The molecule has 0 fully saturated rings. The maximum atomic E-state index is 8.69. The molecule has 0 aromatic heterocycles. The predicted molar refractivity (Wildman–Crippen MR) is 87.8 cm³/mol. The first-order chi connectivity index (χ1) is 8.22. The van der Waals surface area contributed by atoms with Gasteiger partial charge in [0.1, 0.15) is 0 Å². The second-order valence-corrected chi connectivity index (χ2v) is 3.77. The molecule has 0 heterocycles. The van der Waals surface area contributed by atoms with Crippen LogP contribution in [0.5, 0.6) is 0 Å². The first kappa shape index (κ1) is 17.2. The van der Waals surface area contributed by atoms with Gasteiger partial charge in [-0.05, 0) is 24.0 Å². The lowest BCUT2D eigenvalue weighted by Crippen LogP contribution is -2.24. The Morgan fingerprint density at radius 1 is 1.28 bits per heavy atom. The first-order valence-electron chi connectivity index (χ1n) is 6.01. The van der Waals surface area contributed by atoms with Crippen LogP contribution in [0.4, 0.5) is 5.69 Å². The van der Waals surface area contributed by atoms with Crippen LogP contribution < -0.4 is 11.1 Å². The second kappa shape index (κ2) is 9.16. The van der Waals surface area contributed by atoms with Gasteiger partial charge in [-0.25, -0.2) is 0 Å². The van der Waals surface area contributed by atoms with E-state index in [0.29, 0.717) is 12.5 Å². The number of nitrogens with one attached hydrogen (secondary N) is 1. The largest absolute Gasteiger partial charge is 0.394 e. The van der Waals surface area contributed by atoms with E-state index in [-0.39, 0.29) is 30.6 Å². The standard InChI is InChI=1S/C13H21N3O.HI/c1-3-10-6-5-7-11(4-2)12(10)16-13(14)15-8-9-17;/h5-7,17H,3-4,8-9H2,1-2H3,(H3,14,15,16);1H. The van der Waals surface area contributed by atoms with Gasteiger partial charge in [0.05, 0.1) is 13.2 Å². The average molecular weight is 363 g/mol. The van der Waals surface area contributed by atoms with Gasteiger partial charge in [-0.15, -0.1) is 24.0 Å². The van der Waals surface area contributed by atoms with E-state index >= 15 is 0 Å². The second-order valence-electron chi connectivity index (χ2n) is 3.77. The maximum Gasteiger partial charge on any atom is 0.193 e. The van der Waals surface area contributed by atoms with Gasteiger partial charge >= 0.3 is 0 Å². The zero-order chi connectivity index (χ0) is 12.7. The fourth-order valence-electron chi connectivity index (χ4n) is 1.74. The molecule has 4 nitrogen and oxygen atoms in total. The molecule has 1 aromatic carbocycles. The number of nitrogens with zero attached hydrogens (tertiary/aromatic N) is 1. The van der Waals surface area contributed by atoms with Crippen molar-refractivity contribution in [2.24, 2.45) is 10.7 Å². The minimum absolute atomic E-state index is 0. The quantitative estimate of drug-likeness (QED) is 0.427. The van der Waals surface area contributed by atoms with Gasteiger partial charge in [-0.1, -0.05) is 32.0 Å². The van der Waals surface area contributed by atoms with Crippen LogP contribution in [-0.4, -0.2) is 24.2 Å². The van der Waals surface area contributed by atoms with E-state index in [2.05, 4.69) is 42.4 Å². The van der Waals surface area contributed by atoms with E-state index in [1.165, 1.54) is 11.1 Å². The van der Waals surface area contributed by atoms with Gasteiger partial charge in [0.2, 0.25) is 0 Å². The molecule has 5 heteroatoms. The predicted octanol–water partition coefficient (Wildman–Crippen LogP) is 2.15. The summed E-state index contributed by atoms with van der Waals surface area (Å²) in [5.74, 6) is 0.356. The molecule has 0 saturated heterocycles. The molecule has 0 aliphatic carbocycles. The molecular weight excluding hydrogens is 341 g/mol. The van der Waals surface area contributed by atoms with E-state index in [0.717, 1.165) is 18.5 Å². The summed E-state index contributed by atoms with van der Waals surface area (Å²) >= 11 is 0. The molecule has 102 valence electrons. The van der Waals surface area contributed by atoms with Crippen molar-refractivity contribution in [1.29, 1.82) is 0 Å². The average Bonchev–Trinajstić information content (AvgIpc) is 2.36. The van der Waals surface area contributed by atoms with Crippen molar-refractivity contribution < 1.29 is 5.11 Å². The Labute approximate surface area is 126 Å². The van der Waals surface area contributed by atoms with E-state index in [1.807, 2.05) is 0 Å². The van der Waals surface area contributed by atoms with Crippen LogP contribution in [0.15, 0.2) is 23.2 Å². The Balaban J connectivity index is 0.00000289. The molecule has 18 heavy (non-hydrogen) atoms. The summed E-state index contributed by atoms with van der Waals surface area (Å²) in [5, 5.41) is 11.8. The minimum atomic E-state index is 0. The molecule has 4 N–H and O–H groups in total. The van der Waals surface area contributed by atoms with Gasteiger partial charge in [-0.2, -0.15) is 0 Å². The van der Waals surface area contributed by atoms with Crippen LogP contribution in [0.3, 0.4) is 0 Å². The number of guanidine groups is 1. The Hall–Kier alpha value is -0.820. The van der Waals surface area contributed by atoms with Gasteiger partial charge in [0.25, 0.3) is 0 Å². The third-order valence-electron chi connectivity index (χ3n) is 2.63. The summed E-state index contributed by atoms with van der Waals surface area (Å²) in [6.07, 6.45) is 1.90. The Morgan fingerprint density at radius 2 is 1.83 bits per heavy atom. The van der Waals surface area contributed by atoms with Crippen LogP contribution in [0.25, 0.3) is 0 Å². The number of para-hydroxylation sites is 1. The number of aryl methyl sites for hydroxylation is 2. The zero-order valence-corrected chi connectivity index (χ0v) is 13.3. The fourth-order valence-corrected chi connectivity index (χ4v) is 1.74. The monoisotopic (exact) mass is 363 g/mol. The maximum absolute atomic E-state index is 8.69. The molecule has 0 saturated carbocycles. The number of aliphatic hydroxyl groups is 1. The minimum Gasteiger partial charge on any atom is -0.394 e. The lowest BCUT2D eigenvalue weighted by molar-refractivity contribution is 0.307. The summed E-state index contributed by atoms with van der Waals surface area (Å²) in [7, 11) is 0. The first-order valence-corrected chi connectivity index (χ1v) is 6.01. The molecule has 1 aromatic rings. The lowest BCUT2D eigenvalue weighted by atomic mass is 10.0. The van der Waals surface area contributed by atoms with Crippen molar-refractivity contribution in [3.05, 3.63) is 29.3 Å². The number of rotatable bonds is 5. The number of halogens is 1. The lowest BCUT2D eigenvalue weighted by Gasteiger charge is -2.14. The SMILES string of the molecule is CCc1cccc(CC)c1NC(N)=NCCO.I. The van der Waals surface area contributed by atoms with E-state index < -0.39 is 0 Å². The van der Waals surface area contributed by atoms with Crippen molar-refractivity contribution >= 4 is 35.6 Å². The summed E-state index contributed by atoms with van der Waals surface area (Å²) in [6.45, 7) is 4.56. The molecule has 0 atom stereocenters. The van der Waals surface area contributed by atoms with Crippen molar-refractivity contribution in [1.82, 2.24) is 0 Å². The van der Waals surface area contributed by atoms with Crippen LogP contribution >= 0.6 is 24.0 Å². The van der Waals surface area contributed by atoms with E-state index in [4.69, 9.17) is 10.8 Å². The van der Waals surface area contributed by atoms with Crippen molar-refractivity contribution in [3.8, 4) is 0 Å². The summed E-state index contributed by atoms with van der Waals surface area (Å²) in [5.41, 5.74) is 9.28. The van der Waals surface area contributed by atoms with Crippen molar-refractivity contribution in [2.45, 2.75) is 26.7 Å². The highest BCUT2D eigenvalue weighted by Crippen LogP contribution is 2.22. The third-order valence-corrected chi connectivity index (χ3v) is 2.63. The number of aliphatic hydroxyl groups excluding tert-OH is 1. The number of hydrogen-bond donors (Lipinski definition) is 3. The summed E-state index contributed by atoms with van der Waals surface area (Å²) < 4.78 is 0.